The minimum absolute atomic E-state index is 0.150. The van der Waals surface area contributed by atoms with E-state index in [1.807, 2.05) is 67.6 Å². The largest absolute Gasteiger partial charge is 0.463 e. The Morgan fingerprint density at radius 1 is 0.889 bits per heavy atom. The van der Waals surface area contributed by atoms with E-state index >= 15 is 0 Å². The Balaban J connectivity index is 1.78. The van der Waals surface area contributed by atoms with Crippen molar-refractivity contribution in [3.05, 3.63) is 94.3 Å². The van der Waals surface area contributed by atoms with Gasteiger partial charge in [-0.1, -0.05) is 79.6 Å². The van der Waals surface area contributed by atoms with Crippen LogP contribution in [0.25, 0.3) is 0 Å². The monoisotopic (exact) mass is 483 g/mol. The lowest BCUT2D eigenvalue weighted by atomic mass is 9.78. The van der Waals surface area contributed by atoms with Crippen molar-refractivity contribution in [3.63, 3.8) is 0 Å². The second kappa shape index (κ2) is 12.3. The number of esters is 2. The summed E-state index contributed by atoms with van der Waals surface area (Å²) in [5.74, 6) is 4.96. The first kappa shape index (κ1) is 25.3. The van der Waals surface area contributed by atoms with Crippen LogP contribution < -0.4 is 5.32 Å². The van der Waals surface area contributed by atoms with Crippen molar-refractivity contribution < 1.29 is 19.1 Å². The number of allylic oxidation sites excluding steroid dienone is 2. The standard InChI is InChI=1S/C31H33NO4/c1-3-35-30(33)27-22(2)32-29(25-17-11-6-12-18-25)28(26(27)20-19-23-13-7-4-8-14-23)31(34)36-21-24-15-9-5-10-16-24/h4-5,7-10,13-16,25-26,32H,3,6,11-12,17-18,21H2,1-2H3. The second-order valence-electron chi connectivity index (χ2n) is 9.18. The van der Waals surface area contributed by atoms with Gasteiger partial charge in [-0.05, 0) is 50.3 Å². The van der Waals surface area contributed by atoms with E-state index in [0.717, 1.165) is 42.5 Å². The average molecular weight is 484 g/mol. The van der Waals surface area contributed by atoms with Gasteiger partial charge in [0.2, 0.25) is 0 Å². The molecule has 186 valence electrons. The van der Waals surface area contributed by atoms with Crippen molar-refractivity contribution in [3.8, 4) is 11.8 Å². The Morgan fingerprint density at radius 2 is 1.53 bits per heavy atom. The van der Waals surface area contributed by atoms with Gasteiger partial charge in [-0.3, -0.25) is 0 Å². The molecule has 1 heterocycles. The summed E-state index contributed by atoms with van der Waals surface area (Å²) in [6.45, 7) is 4.02. The molecule has 2 aromatic carbocycles. The third-order valence-corrected chi connectivity index (χ3v) is 6.67. The molecule has 1 aliphatic heterocycles. The van der Waals surface area contributed by atoms with E-state index in [9.17, 15) is 9.59 Å². The van der Waals surface area contributed by atoms with Crippen LogP contribution in [0, 0.1) is 23.7 Å². The zero-order valence-corrected chi connectivity index (χ0v) is 21.0. The predicted octanol–water partition coefficient (Wildman–Crippen LogP) is 5.67. The van der Waals surface area contributed by atoms with E-state index < -0.39 is 17.9 Å². The highest BCUT2D eigenvalue weighted by Crippen LogP contribution is 2.38. The molecule has 0 spiro atoms. The van der Waals surface area contributed by atoms with Crippen LogP contribution in [0.2, 0.25) is 0 Å². The zero-order chi connectivity index (χ0) is 25.3. The van der Waals surface area contributed by atoms with Crippen LogP contribution in [0.1, 0.15) is 57.1 Å². The Hall–Kier alpha value is -3.78. The van der Waals surface area contributed by atoms with E-state index in [4.69, 9.17) is 9.47 Å². The van der Waals surface area contributed by atoms with Gasteiger partial charge in [-0.25, -0.2) is 9.59 Å². The molecule has 1 atom stereocenters. The number of hydrogen-bond donors (Lipinski definition) is 1. The summed E-state index contributed by atoms with van der Waals surface area (Å²) in [6, 6.07) is 19.2. The van der Waals surface area contributed by atoms with Crippen molar-refractivity contribution in [2.75, 3.05) is 6.61 Å². The van der Waals surface area contributed by atoms with Gasteiger partial charge in [0, 0.05) is 17.0 Å². The molecule has 0 bridgehead atoms. The molecule has 0 aromatic heterocycles. The fourth-order valence-electron chi connectivity index (χ4n) is 4.90. The summed E-state index contributed by atoms with van der Waals surface area (Å²) >= 11 is 0. The molecule has 4 rings (SSSR count). The summed E-state index contributed by atoms with van der Waals surface area (Å²) in [6.07, 6.45) is 5.38. The Kier molecular flexibility index (Phi) is 8.62. The second-order valence-corrected chi connectivity index (χ2v) is 9.18. The van der Waals surface area contributed by atoms with Crippen LogP contribution in [0.3, 0.4) is 0 Å². The number of ether oxygens (including phenoxy) is 2. The molecule has 0 saturated heterocycles. The molecule has 2 aromatic rings. The third kappa shape index (κ3) is 6.07. The minimum Gasteiger partial charge on any atom is -0.463 e. The number of carbonyl (C=O) groups is 2. The van der Waals surface area contributed by atoms with Crippen LogP contribution >= 0.6 is 0 Å². The number of dihydropyridines is 1. The molecular weight excluding hydrogens is 450 g/mol. The van der Waals surface area contributed by atoms with Gasteiger partial charge in [-0.2, -0.15) is 0 Å². The van der Waals surface area contributed by atoms with Gasteiger partial charge in [0.25, 0.3) is 0 Å². The average Bonchev–Trinajstić information content (AvgIpc) is 2.92. The number of benzene rings is 2. The number of nitrogens with one attached hydrogen (secondary N) is 1. The van der Waals surface area contributed by atoms with Crippen molar-refractivity contribution >= 4 is 11.9 Å². The molecule has 0 amide bonds. The van der Waals surface area contributed by atoms with E-state index in [-0.39, 0.29) is 19.1 Å². The van der Waals surface area contributed by atoms with Crippen molar-refractivity contribution in [2.45, 2.75) is 52.6 Å². The summed E-state index contributed by atoms with van der Waals surface area (Å²) in [4.78, 5) is 26.8. The fraction of sp³-hybridized carbons (Fsp3) is 0.355. The van der Waals surface area contributed by atoms with Crippen molar-refractivity contribution in [1.29, 1.82) is 0 Å². The van der Waals surface area contributed by atoms with Crippen LogP contribution in [-0.4, -0.2) is 18.5 Å². The molecule has 1 unspecified atom stereocenters. The summed E-state index contributed by atoms with van der Waals surface area (Å²) in [5, 5.41) is 3.42. The molecule has 1 fully saturated rings. The summed E-state index contributed by atoms with van der Waals surface area (Å²) < 4.78 is 11.2. The van der Waals surface area contributed by atoms with Gasteiger partial charge >= 0.3 is 11.9 Å². The molecular formula is C31H33NO4. The zero-order valence-electron chi connectivity index (χ0n) is 21.0. The third-order valence-electron chi connectivity index (χ3n) is 6.67. The van der Waals surface area contributed by atoms with Crippen LogP contribution in [0.5, 0.6) is 0 Å². The van der Waals surface area contributed by atoms with E-state index in [2.05, 4.69) is 17.2 Å². The molecule has 1 aliphatic carbocycles. The molecule has 0 radical (unpaired) electrons. The first-order valence-electron chi connectivity index (χ1n) is 12.7. The SMILES string of the molecule is CCOC(=O)C1=C(C)NC(C2CCCCC2)=C(C(=O)OCc2ccccc2)C1C#Cc1ccccc1. The predicted molar refractivity (Wildman–Crippen MR) is 139 cm³/mol. The van der Waals surface area contributed by atoms with Gasteiger partial charge in [0.15, 0.2) is 0 Å². The lowest BCUT2D eigenvalue weighted by Gasteiger charge is -2.34. The van der Waals surface area contributed by atoms with Crippen molar-refractivity contribution in [2.24, 2.45) is 11.8 Å². The first-order chi connectivity index (χ1) is 17.6. The molecule has 5 nitrogen and oxygen atoms in total. The van der Waals surface area contributed by atoms with E-state index in [1.165, 1.54) is 6.42 Å². The van der Waals surface area contributed by atoms with Gasteiger partial charge < -0.3 is 14.8 Å². The maximum atomic E-state index is 13.7. The lowest BCUT2D eigenvalue weighted by molar-refractivity contribution is -0.141. The number of carbonyl (C=O) groups excluding carboxylic acids is 2. The molecule has 36 heavy (non-hydrogen) atoms. The van der Waals surface area contributed by atoms with Gasteiger partial charge in [-0.15, -0.1) is 0 Å². The topological polar surface area (TPSA) is 64.6 Å². The highest BCUT2D eigenvalue weighted by atomic mass is 16.5. The highest BCUT2D eigenvalue weighted by molar-refractivity contribution is 5.99. The maximum Gasteiger partial charge on any atom is 0.337 e. The Labute approximate surface area is 213 Å². The number of rotatable bonds is 6. The van der Waals surface area contributed by atoms with E-state index in [0.29, 0.717) is 16.8 Å². The summed E-state index contributed by atoms with van der Waals surface area (Å²) in [5.41, 5.74) is 4.03. The highest BCUT2D eigenvalue weighted by Gasteiger charge is 2.39. The van der Waals surface area contributed by atoms with Crippen LogP contribution in [0.4, 0.5) is 0 Å². The molecule has 5 heteroatoms. The lowest BCUT2D eigenvalue weighted by Crippen LogP contribution is -2.36. The first-order valence-corrected chi connectivity index (χ1v) is 12.7. The molecule has 1 saturated carbocycles. The van der Waals surface area contributed by atoms with Crippen molar-refractivity contribution in [1.82, 2.24) is 5.32 Å². The van der Waals surface area contributed by atoms with Gasteiger partial charge in [0.05, 0.1) is 23.7 Å². The molecule has 2 aliphatic rings. The van der Waals surface area contributed by atoms with Crippen LogP contribution in [-0.2, 0) is 25.7 Å². The van der Waals surface area contributed by atoms with E-state index in [1.54, 1.807) is 6.92 Å². The maximum absolute atomic E-state index is 13.7. The van der Waals surface area contributed by atoms with Gasteiger partial charge in [0.1, 0.15) is 6.61 Å². The molecule has 1 N–H and O–H groups in total. The fourth-order valence-corrected chi connectivity index (χ4v) is 4.90. The number of hydrogen-bond acceptors (Lipinski definition) is 5. The Bertz CT molecular complexity index is 1200. The Morgan fingerprint density at radius 3 is 2.19 bits per heavy atom. The summed E-state index contributed by atoms with van der Waals surface area (Å²) in [7, 11) is 0. The smallest absolute Gasteiger partial charge is 0.337 e. The quantitative estimate of drug-likeness (QED) is 0.424. The van der Waals surface area contributed by atoms with Crippen LogP contribution in [0.15, 0.2) is 83.2 Å². The minimum atomic E-state index is -0.745. The normalized spacial score (nSPS) is 18.1.